The minimum Gasteiger partial charge on any atom is -0.351 e. The fraction of sp³-hybridized carbons (Fsp3) is 0.258. The molecule has 194 valence electrons. The van der Waals surface area contributed by atoms with Crippen molar-refractivity contribution in [3.63, 3.8) is 0 Å². The number of fused-ring (bicyclic) bond motifs is 1. The summed E-state index contributed by atoms with van der Waals surface area (Å²) >= 11 is 12.9. The zero-order valence-corrected chi connectivity index (χ0v) is 23.2. The summed E-state index contributed by atoms with van der Waals surface area (Å²) in [5.41, 5.74) is 6.32. The maximum Gasteiger partial charge on any atom is 0.251 e. The van der Waals surface area contributed by atoms with Crippen molar-refractivity contribution in [2.24, 2.45) is 5.92 Å². The van der Waals surface area contributed by atoms with Gasteiger partial charge in [-0.15, -0.1) is 0 Å². The van der Waals surface area contributed by atoms with Gasteiger partial charge >= 0.3 is 0 Å². The van der Waals surface area contributed by atoms with Crippen LogP contribution in [-0.2, 0) is 0 Å². The molecule has 0 bridgehead atoms. The molecule has 1 fully saturated rings. The third kappa shape index (κ3) is 5.46. The first-order chi connectivity index (χ1) is 18.2. The predicted molar refractivity (Wildman–Crippen MR) is 155 cm³/mol. The minimum absolute atomic E-state index is 0.0487. The van der Waals surface area contributed by atoms with Crippen LogP contribution in [0.2, 0.25) is 10.0 Å². The number of rotatable bonds is 8. The molecule has 3 aromatic carbocycles. The highest BCUT2D eigenvalue weighted by atomic mass is 35.5. The average Bonchev–Trinajstić information content (AvgIpc) is 3.75. The summed E-state index contributed by atoms with van der Waals surface area (Å²) in [7, 11) is 3.93. The summed E-state index contributed by atoms with van der Waals surface area (Å²) in [4.78, 5) is 32.6. The molecule has 1 aromatic heterocycles. The molecule has 4 aromatic rings. The van der Waals surface area contributed by atoms with Crippen LogP contribution in [0.4, 0.5) is 0 Å². The largest absolute Gasteiger partial charge is 0.351 e. The van der Waals surface area contributed by atoms with Crippen molar-refractivity contribution in [3.05, 3.63) is 87.5 Å². The maximum absolute atomic E-state index is 13.3. The fourth-order valence-corrected chi connectivity index (χ4v) is 5.02. The van der Waals surface area contributed by atoms with E-state index in [-0.39, 0.29) is 17.6 Å². The number of carbonyl (C=O) groups is 2. The molecule has 1 aliphatic rings. The van der Waals surface area contributed by atoms with Gasteiger partial charge < -0.3 is 10.2 Å². The third-order valence-electron chi connectivity index (χ3n) is 6.98. The van der Waals surface area contributed by atoms with Crippen LogP contribution in [0.5, 0.6) is 0 Å². The SMILES string of the molecule is Cc1c(Cl)cc(-c2ccc3ncc(C(=O)C4CC4)c(-c4ccc(C(=O)NCCN(C)C)cc4)c3c2)cc1Cl. The summed E-state index contributed by atoms with van der Waals surface area (Å²) in [6.45, 7) is 3.22. The standard InChI is InChI=1S/C31H29Cl2N3O2/c1-18-26(32)15-23(16-27(18)33)22-10-11-28-24(14-22)29(25(17-35-28)30(37)20-6-7-20)19-4-8-21(9-5-19)31(38)34-12-13-36(2)3/h4-5,8-11,14-17,20H,6-7,12-13H2,1-3H3,(H,34,38). The van der Waals surface area contributed by atoms with Crippen molar-refractivity contribution in [2.75, 3.05) is 27.2 Å². The first-order valence-electron chi connectivity index (χ1n) is 12.7. The number of ketones is 1. The van der Waals surface area contributed by atoms with Crippen molar-refractivity contribution in [3.8, 4) is 22.3 Å². The van der Waals surface area contributed by atoms with Crippen LogP contribution in [0.3, 0.4) is 0 Å². The van der Waals surface area contributed by atoms with Gasteiger partial charge in [-0.05, 0) is 92.5 Å². The number of likely N-dealkylation sites (N-methyl/N-ethyl adjacent to an activating group) is 1. The number of aromatic nitrogens is 1. The molecular formula is C31H29Cl2N3O2. The zero-order chi connectivity index (χ0) is 27.0. The number of benzene rings is 3. The Morgan fingerprint density at radius 2 is 1.61 bits per heavy atom. The highest BCUT2D eigenvalue weighted by Gasteiger charge is 2.32. The highest BCUT2D eigenvalue weighted by Crippen LogP contribution is 2.40. The van der Waals surface area contributed by atoms with E-state index >= 15 is 0 Å². The molecule has 1 amide bonds. The molecule has 7 heteroatoms. The number of Topliss-reactive ketones (excluding diaryl/α,β-unsaturated/α-hetero) is 1. The molecule has 0 radical (unpaired) electrons. The minimum atomic E-state index is -0.123. The van der Waals surface area contributed by atoms with Gasteiger partial charge in [-0.25, -0.2) is 0 Å². The molecule has 1 heterocycles. The van der Waals surface area contributed by atoms with Crippen LogP contribution < -0.4 is 5.32 Å². The van der Waals surface area contributed by atoms with Crippen LogP contribution in [0.25, 0.3) is 33.2 Å². The van der Waals surface area contributed by atoms with Gasteiger partial charge in [0.15, 0.2) is 5.78 Å². The lowest BCUT2D eigenvalue weighted by atomic mass is 9.91. The maximum atomic E-state index is 13.3. The van der Waals surface area contributed by atoms with Crippen molar-refractivity contribution in [2.45, 2.75) is 19.8 Å². The van der Waals surface area contributed by atoms with E-state index in [0.717, 1.165) is 58.1 Å². The van der Waals surface area contributed by atoms with Gasteiger partial charge in [0, 0.05) is 57.3 Å². The van der Waals surface area contributed by atoms with Crippen LogP contribution in [0.15, 0.2) is 60.8 Å². The number of carbonyl (C=O) groups excluding carboxylic acids is 2. The molecule has 5 nitrogen and oxygen atoms in total. The van der Waals surface area contributed by atoms with Gasteiger partial charge in [0.25, 0.3) is 5.91 Å². The van der Waals surface area contributed by atoms with Gasteiger partial charge in [0.1, 0.15) is 0 Å². The van der Waals surface area contributed by atoms with E-state index < -0.39 is 0 Å². The highest BCUT2D eigenvalue weighted by molar-refractivity contribution is 6.36. The number of hydrogen-bond donors (Lipinski definition) is 1. The lowest BCUT2D eigenvalue weighted by Gasteiger charge is -2.15. The Morgan fingerprint density at radius 1 is 0.947 bits per heavy atom. The van der Waals surface area contributed by atoms with Gasteiger partial charge in [-0.3, -0.25) is 14.6 Å². The number of nitrogens with zero attached hydrogens (tertiary/aromatic N) is 2. The Hall–Kier alpha value is -3.25. The van der Waals surface area contributed by atoms with Crippen LogP contribution >= 0.6 is 23.2 Å². The van der Waals surface area contributed by atoms with E-state index in [1.807, 2.05) is 68.4 Å². The molecule has 1 N–H and O–H groups in total. The second kappa shape index (κ2) is 10.9. The predicted octanol–water partition coefficient (Wildman–Crippen LogP) is 7.07. The second-order valence-electron chi connectivity index (χ2n) is 10.1. The van der Waals surface area contributed by atoms with Gasteiger partial charge in [-0.2, -0.15) is 0 Å². The summed E-state index contributed by atoms with van der Waals surface area (Å²) in [6, 6.07) is 17.2. The van der Waals surface area contributed by atoms with Crippen molar-refractivity contribution in [1.82, 2.24) is 15.2 Å². The summed E-state index contributed by atoms with van der Waals surface area (Å²) in [5.74, 6) is 0.0436. The van der Waals surface area contributed by atoms with Crippen molar-refractivity contribution in [1.29, 1.82) is 0 Å². The number of hydrogen-bond acceptors (Lipinski definition) is 4. The first-order valence-corrected chi connectivity index (χ1v) is 13.4. The quantitative estimate of drug-likeness (QED) is 0.240. The Balaban J connectivity index is 1.59. The Bertz CT molecular complexity index is 1520. The molecule has 0 unspecified atom stereocenters. The smallest absolute Gasteiger partial charge is 0.251 e. The van der Waals surface area contributed by atoms with E-state index in [4.69, 9.17) is 23.2 Å². The monoisotopic (exact) mass is 545 g/mol. The van der Waals surface area contributed by atoms with Crippen LogP contribution in [-0.4, -0.2) is 48.8 Å². The molecule has 0 atom stereocenters. The Kier molecular flexibility index (Phi) is 7.53. The lowest BCUT2D eigenvalue weighted by Crippen LogP contribution is -2.31. The number of pyridine rings is 1. The topological polar surface area (TPSA) is 62.3 Å². The number of nitrogens with one attached hydrogen (secondary N) is 1. The second-order valence-corrected chi connectivity index (χ2v) is 10.9. The van der Waals surface area contributed by atoms with Gasteiger partial charge in [-0.1, -0.05) is 41.4 Å². The summed E-state index contributed by atoms with van der Waals surface area (Å²) < 4.78 is 0. The molecule has 0 spiro atoms. The number of halogens is 2. The van der Waals surface area contributed by atoms with E-state index in [9.17, 15) is 9.59 Å². The Labute approximate surface area is 232 Å². The summed E-state index contributed by atoms with van der Waals surface area (Å²) in [5, 5.41) is 5.01. The molecule has 0 saturated heterocycles. The van der Waals surface area contributed by atoms with E-state index in [1.165, 1.54) is 0 Å². The average molecular weight is 546 g/mol. The Morgan fingerprint density at radius 3 is 2.24 bits per heavy atom. The van der Waals surface area contributed by atoms with Gasteiger partial charge in [0.05, 0.1) is 5.52 Å². The molecule has 38 heavy (non-hydrogen) atoms. The van der Waals surface area contributed by atoms with E-state index in [0.29, 0.717) is 27.7 Å². The van der Waals surface area contributed by atoms with Gasteiger partial charge in [0.2, 0.25) is 0 Å². The third-order valence-corrected chi connectivity index (χ3v) is 7.76. The van der Waals surface area contributed by atoms with Crippen LogP contribution in [0, 0.1) is 12.8 Å². The summed E-state index contributed by atoms with van der Waals surface area (Å²) in [6.07, 6.45) is 3.50. The molecular weight excluding hydrogens is 517 g/mol. The van der Waals surface area contributed by atoms with Crippen molar-refractivity contribution < 1.29 is 9.59 Å². The zero-order valence-electron chi connectivity index (χ0n) is 21.6. The fourth-order valence-electron chi connectivity index (χ4n) is 4.53. The molecule has 5 rings (SSSR count). The van der Waals surface area contributed by atoms with E-state index in [2.05, 4.69) is 10.3 Å². The van der Waals surface area contributed by atoms with E-state index in [1.54, 1.807) is 18.3 Å². The molecule has 0 aliphatic heterocycles. The number of amides is 1. The lowest BCUT2D eigenvalue weighted by molar-refractivity contribution is 0.0947. The molecule has 1 saturated carbocycles. The van der Waals surface area contributed by atoms with Crippen LogP contribution in [0.1, 0.15) is 39.1 Å². The first kappa shape index (κ1) is 26.4. The van der Waals surface area contributed by atoms with Crippen molar-refractivity contribution >= 4 is 45.8 Å². The normalized spacial score (nSPS) is 13.2. The molecule has 1 aliphatic carbocycles.